The van der Waals surface area contributed by atoms with Crippen molar-refractivity contribution in [2.24, 2.45) is 0 Å². The number of halogens is 1. The van der Waals surface area contributed by atoms with Crippen LogP contribution in [0.25, 0.3) is 0 Å². The van der Waals surface area contributed by atoms with Gasteiger partial charge in [0.2, 0.25) is 0 Å². The molecule has 1 aromatic carbocycles. The number of hydrogen-bond donors (Lipinski definition) is 2. The number of nitrogens with zero attached hydrogens (tertiary/aromatic N) is 3. The molecule has 1 unspecified atom stereocenters. The first-order valence-electron chi connectivity index (χ1n) is 9.20. The number of urea groups is 1. The Morgan fingerprint density at radius 1 is 1.26 bits per heavy atom. The van der Waals surface area contributed by atoms with Crippen molar-refractivity contribution in [1.29, 1.82) is 0 Å². The van der Waals surface area contributed by atoms with Crippen LogP contribution in [0.5, 0.6) is 0 Å². The first-order chi connectivity index (χ1) is 13.0. The molecule has 0 spiro atoms. The molecule has 2 amide bonds. The lowest BCUT2D eigenvalue weighted by atomic mass is 10.1. The van der Waals surface area contributed by atoms with Crippen LogP contribution in [0, 0.1) is 0 Å². The molecule has 1 saturated heterocycles. The molecule has 6 nitrogen and oxygen atoms in total. The van der Waals surface area contributed by atoms with Crippen LogP contribution >= 0.6 is 11.6 Å². The highest BCUT2D eigenvalue weighted by Crippen LogP contribution is 2.27. The maximum Gasteiger partial charge on any atom is 0.315 e. The molecule has 0 saturated carbocycles. The van der Waals surface area contributed by atoms with Crippen LogP contribution in [0.4, 0.5) is 16.3 Å². The minimum absolute atomic E-state index is 0.0936. The summed E-state index contributed by atoms with van der Waals surface area (Å²) in [6.07, 6.45) is 1.98. The van der Waals surface area contributed by atoms with Crippen LogP contribution in [0.3, 0.4) is 0 Å². The van der Waals surface area contributed by atoms with E-state index in [0.29, 0.717) is 6.54 Å². The number of carbonyl (C=O) groups excluding carboxylic acids is 1. The molecule has 0 bridgehead atoms. The molecule has 3 rings (SSSR count). The second kappa shape index (κ2) is 8.95. The summed E-state index contributed by atoms with van der Waals surface area (Å²) in [6, 6.07) is 13.6. The van der Waals surface area contributed by atoms with Gasteiger partial charge >= 0.3 is 6.03 Å². The highest BCUT2D eigenvalue weighted by atomic mass is 35.5. The van der Waals surface area contributed by atoms with Crippen LogP contribution in [0.1, 0.15) is 18.5 Å². The van der Waals surface area contributed by atoms with Gasteiger partial charge in [-0.05, 0) is 37.1 Å². The summed E-state index contributed by atoms with van der Waals surface area (Å²) >= 11 is 6.31. The highest BCUT2D eigenvalue weighted by molar-refractivity contribution is 6.33. The summed E-state index contributed by atoms with van der Waals surface area (Å²) in [5.74, 6) is 0.873. The first kappa shape index (κ1) is 19.3. The molecule has 7 heteroatoms. The minimum Gasteiger partial charge on any atom is -0.368 e. The van der Waals surface area contributed by atoms with E-state index in [1.165, 1.54) is 0 Å². The summed E-state index contributed by atoms with van der Waals surface area (Å²) in [4.78, 5) is 21.0. The smallest absolute Gasteiger partial charge is 0.315 e. The van der Waals surface area contributed by atoms with Gasteiger partial charge in [0.25, 0.3) is 0 Å². The Balaban J connectivity index is 1.52. The fraction of sp³-hybridized carbons (Fsp3) is 0.400. The molecule has 2 heterocycles. The summed E-state index contributed by atoms with van der Waals surface area (Å²) in [5, 5.41) is 6.72. The van der Waals surface area contributed by atoms with Gasteiger partial charge < -0.3 is 20.4 Å². The Morgan fingerprint density at radius 3 is 2.85 bits per heavy atom. The zero-order chi connectivity index (χ0) is 19.2. The first-order valence-corrected chi connectivity index (χ1v) is 9.58. The number of para-hydroxylation sites is 1. The van der Waals surface area contributed by atoms with Gasteiger partial charge in [-0.1, -0.05) is 29.8 Å². The van der Waals surface area contributed by atoms with Crippen LogP contribution in [0.2, 0.25) is 5.02 Å². The topological polar surface area (TPSA) is 60.5 Å². The Hall–Kier alpha value is -2.47. The molecule has 0 aliphatic carbocycles. The van der Waals surface area contributed by atoms with Crippen molar-refractivity contribution in [2.45, 2.75) is 25.4 Å². The lowest BCUT2D eigenvalue weighted by molar-refractivity contribution is 0.234. The van der Waals surface area contributed by atoms with E-state index in [1.807, 2.05) is 61.5 Å². The molecule has 1 fully saturated rings. The molecule has 1 aliphatic heterocycles. The van der Waals surface area contributed by atoms with Gasteiger partial charge in [-0.15, -0.1) is 0 Å². The number of amides is 2. The van der Waals surface area contributed by atoms with E-state index in [1.54, 1.807) is 0 Å². The fourth-order valence-electron chi connectivity index (χ4n) is 3.24. The number of nitrogens with one attached hydrogen (secondary N) is 2. The number of pyridine rings is 1. The molecular formula is C20H26ClN5O. The predicted octanol–water partition coefficient (Wildman–Crippen LogP) is 3.27. The molecule has 1 atom stereocenters. The van der Waals surface area contributed by atoms with Gasteiger partial charge in [0.15, 0.2) is 0 Å². The second-order valence-electron chi connectivity index (χ2n) is 6.95. The number of benzene rings is 1. The quantitative estimate of drug-likeness (QED) is 0.826. The summed E-state index contributed by atoms with van der Waals surface area (Å²) in [6.45, 7) is 2.10. The normalized spacial score (nSPS) is 16.7. The number of rotatable bonds is 5. The lowest BCUT2D eigenvalue weighted by Crippen LogP contribution is -2.50. The summed E-state index contributed by atoms with van der Waals surface area (Å²) in [5.41, 5.74) is 1.86. The maximum absolute atomic E-state index is 12.3. The molecule has 2 N–H and O–H groups in total. The van der Waals surface area contributed by atoms with Gasteiger partial charge in [0, 0.05) is 33.2 Å². The van der Waals surface area contributed by atoms with Crippen molar-refractivity contribution in [3.63, 3.8) is 0 Å². The van der Waals surface area contributed by atoms with Crippen molar-refractivity contribution in [2.75, 3.05) is 37.0 Å². The number of piperidine rings is 1. The van der Waals surface area contributed by atoms with Crippen molar-refractivity contribution < 1.29 is 4.79 Å². The Morgan fingerprint density at radius 2 is 2.07 bits per heavy atom. The van der Waals surface area contributed by atoms with Crippen molar-refractivity contribution >= 4 is 29.1 Å². The van der Waals surface area contributed by atoms with Gasteiger partial charge in [-0.3, -0.25) is 0 Å². The Kier molecular flexibility index (Phi) is 6.40. The third kappa shape index (κ3) is 5.26. The lowest BCUT2D eigenvalue weighted by Gasteiger charge is -2.35. The molecule has 2 aromatic rings. The van der Waals surface area contributed by atoms with E-state index in [-0.39, 0.29) is 12.1 Å². The van der Waals surface area contributed by atoms with Crippen LogP contribution in [-0.2, 0) is 6.54 Å². The van der Waals surface area contributed by atoms with Crippen LogP contribution in [0.15, 0.2) is 42.5 Å². The average molecular weight is 388 g/mol. The number of aromatic nitrogens is 1. The van der Waals surface area contributed by atoms with Gasteiger partial charge in [-0.2, -0.15) is 0 Å². The van der Waals surface area contributed by atoms with Gasteiger partial charge in [0.05, 0.1) is 22.9 Å². The fourth-order valence-corrected chi connectivity index (χ4v) is 3.50. The monoisotopic (exact) mass is 387 g/mol. The molecule has 27 heavy (non-hydrogen) atoms. The number of hydrogen-bond acceptors (Lipinski definition) is 4. The van der Waals surface area contributed by atoms with E-state index >= 15 is 0 Å². The van der Waals surface area contributed by atoms with E-state index in [0.717, 1.165) is 48.2 Å². The average Bonchev–Trinajstić information content (AvgIpc) is 2.67. The molecule has 144 valence electrons. The van der Waals surface area contributed by atoms with Gasteiger partial charge in [-0.25, -0.2) is 9.78 Å². The standard InChI is InChI=1S/C20H26ClN5O/c1-25(2)19-11-5-7-15(23-19)13-22-20(27)24-16-8-6-12-26(14-16)18-10-4-3-9-17(18)21/h3-5,7,9-11,16H,6,8,12-14H2,1-2H3,(H2,22,24,27). The van der Waals surface area contributed by atoms with Crippen LogP contribution < -0.4 is 20.4 Å². The number of carbonyl (C=O) groups is 1. The second-order valence-corrected chi connectivity index (χ2v) is 7.35. The van der Waals surface area contributed by atoms with Crippen LogP contribution in [-0.4, -0.2) is 44.2 Å². The van der Waals surface area contributed by atoms with E-state index < -0.39 is 0 Å². The highest BCUT2D eigenvalue weighted by Gasteiger charge is 2.22. The largest absolute Gasteiger partial charge is 0.368 e. The maximum atomic E-state index is 12.3. The predicted molar refractivity (Wildman–Crippen MR) is 111 cm³/mol. The summed E-state index contributed by atoms with van der Waals surface area (Å²) < 4.78 is 0. The zero-order valence-electron chi connectivity index (χ0n) is 15.8. The SMILES string of the molecule is CN(C)c1cccc(CNC(=O)NC2CCCN(c3ccccc3Cl)C2)n1. The van der Waals surface area contributed by atoms with Crippen molar-refractivity contribution in [3.8, 4) is 0 Å². The zero-order valence-corrected chi connectivity index (χ0v) is 16.5. The minimum atomic E-state index is -0.168. The Labute approximate surface area is 165 Å². The van der Waals surface area contributed by atoms with Crippen molar-refractivity contribution in [1.82, 2.24) is 15.6 Å². The third-order valence-corrected chi connectivity index (χ3v) is 4.95. The molecule has 0 radical (unpaired) electrons. The van der Waals surface area contributed by atoms with E-state index in [4.69, 9.17) is 11.6 Å². The molecule has 1 aromatic heterocycles. The van der Waals surface area contributed by atoms with Gasteiger partial charge in [0.1, 0.15) is 5.82 Å². The molecule has 1 aliphatic rings. The van der Waals surface area contributed by atoms with E-state index in [9.17, 15) is 4.79 Å². The van der Waals surface area contributed by atoms with Crippen molar-refractivity contribution in [3.05, 3.63) is 53.2 Å². The number of anilines is 2. The molecular weight excluding hydrogens is 362 g/mol. The third-order valence-electron chi connectivity index (χ3n) is 4.63. The van der Waals surface area contributed by atoms with E-state index in [2.05, 4.69) is 20.5 Å². The Bertz CT molecular complexity index is 782. The summed E-state index contributed by atoms with van der Waals surface area (Å²) in [7, 11) is 3.89.